The summed E-state index contributed by atoms with van der Waals surface area (Å²) in [7, 11) is 0. The number of hydrogen-bond acceptors (Lipinski definition) is 3. The van der Waals surface area contributed by atoms with Crippen LogP contribution in [0.15, 0.2) is 18.2 Å². The molecule has 0 radical (unpaired) electrons. The first-order valence-corrected chi connectivity index (χ1v) is 5.36. The number of benzene rings is 1. The summed E-state index contributed by atoms with van der Waals surface area (Å²) in [5, 5.41) is 0. The molecule has 0 aromatic heterocycles. The van der Waals surface area contributed by atoms with Crippen LogP contribution in [-0.2, 0) is 10.3 Å². The van der Waals surface area contributed by atoms with Gasteiger partial charge >= 0.3 is 6.09 Å². The molecule has 2 N–H and O–H groups in total. The van der Waals surface area contributed by atoms with Gasteiger partial charge in [0.1, 0.15) is 5.60 Å². The fourth-order valence-electron chi connectivity index (χ4n) is 2.00. The summed E-state index contributed by atoms with van der Waals surface area (Å²) in [6, 6.07) is 5.54. The molecule has 1 heterocycles. The molecule has 0 fully saturated rings. The molecule has 0 saturated carbocycles. The number of nitrogen functional groups attached to an aromatic ring is 1. The van der Waals surface area contributed by atoms with Gasteiger partial charge in [-0.15, -0.1) is 0 Å². The number of rotatable bonds is 1. The third-order valence-corrected chi connectivity index (χ3v) is 2.84. The van der Waals surface area contributed by atoms with Crippen LogP contribution in [0.5, 0.6) is 0 Å². The van der Waals surface area contributed by atoms with Gasteiger partial charge in [-0.2, -0.15) is 0 Å². The number of fused-ring (bicyclic) bond motifs is 1. The van der Waals surface area contributed by atoms with Crippen molar-refractivity contribution in [3.63, 3.8) is 0 Å². The smallest absolute Gasteiger partial charge is 0.415 e. The molecule has 4 nitrogen and oxygen atoms in total. The molecule has 1 aromatic carbocycles. The Morgan fingerprint density at radius 3 is 2.75 bits per heavy atom. The highest BCUT2D eigenvalue weighted by molar-refractivity contribution is 5.91. The Hall–Kier alpha value is -1.71. The van der Waals surface area contributed by atoms with Crippen molar-refractivity contribution in [1.82, 2.24) is 0 Å². The highest BCUT2D eigenvalue weighted by Crippen LogP contribution is 2.39. The highest BCUT2D eigenvalue weighted by atomic mass is 16.6. The number of hydrogen-bond donors (Lipinski definition) is 1. The van der Waals surface area contributed by atoms with Crippen LogP contribution in [-0.4, -0.2) is 12.6 Å². The van der Waals surface area contributed by atoms with Crippen LogP contribution in [0.25, 0.3) is 0 Å². The molecular weight excluding hydrogens is 204 g/mol. The standard InChI is InChI=1S/C12H16N2O2/c1-4-14-10-6-5-8(13)7-9(10)12(2,3)16-11(14)15/h5-7H,4,13H2,1-3H3. The summed E-state index contributed by atoms with van der Waals surface area (Å²) < 4.78 is 5.39. The molecule has 1 aromatic rings. The normalized spacial score (nSPS) is 17.9. The molecule has 1 aliphatic rings. The van der Waals surface area contributed by atoms with Crippen LogP contribution in [0.3, 0.4) is 0 Å². The minimum absolute atomic E-state index is 0.301. The van der Waals surface area contributed by atoms with Gasteiger partial charge in [-0.25, -0.2) is 4.79 Å². The molecule has 2 rings (SSSR count). The largest absolute Gasteiger partial charge is 0.438 e. The SMILES string of the molecule is CCN1C(=O)OC(C)(C)c2cc(N)ccc21. The quantitative estimate of drug-likeness (QED) is 0.740. The summed E-state index contributed by atoms with van der Waals surface area (Å²) in [4.78, 5) is 13.4. The molecular formula is C12H16N2O2. The van der Waals surface area contributed by atoms with E-state index in [2.05, 4.69) is 0 Å². The number of amides is 1. The van der Waals surface area contributed by atoms with Gasteiger partial charge in [0, 0.05) is 17.8 Å². The van der Waals surface area contributed by atoms with Crippen LogP contribution in [0, 0.1) is 0 Å². The maximum absolute atomic E-state index is 11.8. The lowest BCUT2D eigenvalue weighted by molar-refractivity contribution is 0.0353. The number of carbonyl (C=O) groups is 1. The number of nitrogens with two attached hydrogens (primary N) is 1. The van der Waals surface area contributed by atoms with Crippen LogP contribution in [0.4, 0.5) is 16.2 Å². The predicted molar refractivity (Wildman–Crippen MR) is 63.4 cm³/mol. The zero-order valence-electron chi connectivity index (χ0n) is 9.78. The van der Waals surface area contributed by atoms with Crippen LogP contribution in [0.2, 0.25) is 0 Å². The second kappa shape index (κ2) is 3.40. The summed E-state index contributed by atoms with van der Waals surface area (Å²) in [6.07, 6.45) is -0.301. The third-order valence-electron chi connectivity index (χ3n) is 2.84. The van der Waals surface area contributed by atoms with Crippen molar-refractivity contribution in [3.05, 3.63) is 23.8 Å². The number of anilines is 2. The van der Waals surface area contributed by atoms with Gasteiger partial charge in [0.25, 0.3) is 0 Å². The van der Waals surface area contributed by atoms with E-state index in [1.165, 1.54) is 0 Å². The van der Waals surface area contributed by atoms with E-state index < -0.39 is 5.60 Å². The molecule has 0 unspecified atom stereocenters. The van der Waals surface area contributed by atoms with E-state index in [9.17, 15) is 4.79 Å². The zero-order chi connectivity index (χ0) is 11.9. The van der Waals surface area contributed by atoms with Crippen LogP contribution in [0.1, 0.15) is 26.3 Å². The van der Waals surface area contributed by atoms with Gasteiger partial charge in [-0.3, -0.25) is 4.90 Å². The zero-order valence-corrected chi connectivity index (χ0v) is 9.78. The molecule has 0 bridgehead atoms. The van der Waals surface area contributed by atoms with Crippen molar-refractivity contribution >= 4 is 17.5 Å². The van der Waals surface area contributed by atoms with Crippen molar-refractivity contribution in [3.8, 4) is 0 Å². The maximum Gasteiger partial charge on any atom is 0.415 e. The third kappa shape index (κ3) is 1.50. The van der Waals surface area contributed by atoms with Gasteiger partial charge in [-0.05, 0) is 39.0 Å². The first-order chi connectivity index (χ1) is 7.45. The number of nitrogens with zero attached hydrogens (tertiary/aromatic N) is 1. The monoisotopic (exact) mass is 220 g/mol. The van der Waals surface area contributed by atoms with Gasteiger partial charge in [0.2, 0.25) is 0 Å². The Morgan fingerprint density at radius 1 is 1.44 bits per heavy atom. The molecule has 0 saturated heterocycles. The minimum Gasteiger partial charge on any atom is -0.438 e. The van der Waals surface area contributed by atoms with Crippen molar-refractivity contribution in [1.29, 1.82) is 0 Å². The number of ether oxygens (including phenoxy) is 1. The van der Waals surface area contributed by atoms with Gasteiger partial charge in [-0.1, -0.05) is 0 Å². The van der Waals surface area contributed by atoms with E-state index in [0.29, 0.717) is 12.2 Å². The van der Waals surface area contributed by atoms with Gasteiger partial charge < -0.3 is 10.5 Å². The van der Waals surface area contributed by atoms with Crippen molar-refractivity contribution in [2.75, 3.05) is 17.2 Å². The van der Waals surface area contributed by atoms with Crippen molar-refractivity contribution in [2.45, 2.75) is 26.4 Å². The Labute approximate surface area is 95.0 Å². The van der Waals surface area contributed by atoms with Crippen LogP contribution >= 0.6 is 0 Å². The second-order valence-corrected chi connectivity index (χ2v) is 4.40. The van der Waals surface area contributed by atoms with E-state index in [4.69, 9.17) is 10.5 Å². The summed E-state index contributed by atoms with van der Waals surface area (Å²) in [5.74, 6) is 0. The lowest BCUT2D eigenvalue weighted by atomic mass is 9.93. The van der Waals surface area contributed by atoms with Crippen molar-refractivity contribution < 1.29 is 9.53 Å². The Kier molecular flexibility index (Phi) is 2.30. The highest BCUT2D eigenvalue weighted by Gasteiger charge is 2.37. The summed E-state index contributed by atoms with van der Waals surface area (Å²) in [6.45, 7) is 6.25. The topological polar surface area (TPSA) is 55.6 Å². The molecule has 1 amide bonds. The first-order valence-electron chi connectivity index (χ1n) is 5.36. The first kappa shape index (κ1) is 10.8. The van der Waals surface area contributed by atoms with E-state index in [-0.39, 0.29) is 6.09 Å². The Bertz CT molecular complexity index is 441. The molecule has 0 aliphatic carbocycles. The number of cyclic esters (lactones) is 1. The molecule has 0 atom stereocenters. The minimum atomic E-state index is -0.618. The van der Waals surface area contributed by atoms with Crippen molar-refractivity contribution in [2.24, 2.45) is 0 Å². The molecule has 4 heteroatoms. The lowest BCUT2D eigenvalue weighted by Crippen LogP contribution is -2.43. The molecule has 16 heavy (non-hydrogen) atoms. The average Bonchev–Trinajstić information content (AvgIpc) is 2.19. The Morgan fingerprint density at radius 2 is 2.12 bits per heavy atom. The van der Waals surface area contributed by atoms with E-state index in [0.717, 1.165) is 11.3 Å². The summed E-state index contributed by atoms with van der Waals surface area (Å²) >= 11 is 0. The maximum atomic E-state index is 11.8. The average molecular weight is 220 g/mol. The van der Waals surface area contributed by atoms with E-state index >= 15 is 0 Å². The van der Waals surface area contributed by atoms with Gasteiger partial charge in [0.15, 0.2) is 0 Å². The fourth-order valence-corrected chi connectivity index (χ4v) is 2.00. The summed E-state index contributed by atoms with van der Waals surface area (Å²) in [5.41, 5.74) is 7.67. The van der Waals surface area contributed by atoms with Gasteiger partial charge in [0.05, 0.1) is 5.69 Å². The second-order valence-electron chi connectivity index (χ2n) is 4.40. The van der Waals surface area contributed by atoms with Crippen LogP contribution < -0.4 is 10.6 Å². The molecule has 0 spiro atoms. The predicted octanol–water partition coefficient (Wildman–Crippen LogP) is 2.48. The van der Waals surface area contributed by atoms with E-state index in [1.54, 1.807) is 11.0 Å². The lowest BCUT2D eigenvalue weighted by Gasteiger charge is -2.38. The Balaban J connectivity index is 2.62. The molecule has 1 aliphatic heterocycles. The number of carbonyl (C=O) groups excluding carboxylic acids is 1. The molecule has 86 valence electrons. The fraction of sp³-hybridized carbons (Fsp3) is 0.417. The van der Waals surface area contributed by atoms with E-state index in [1.807, 2.05) is 32.9 Å².